The highest BCUT2D eigenvalue weighted by Crippen LogP contribution is 2.28. The maximum absolute atomic E-state index is 12.5. The topological polar surface area (TPSA) is 63.1 Å². The highest BCUT2D eigenvalue weighted by atomic mass is 32.1. The van der Waals surface area contributed by atoms with E-state index in [0.717, 1.165) is 49.6 Å². The number of urea groups is 1. The van der Waals surface area contributed by atoms with Crippen molar-refractivity contribution in [3.05, 3.63) is 34.0 Å². The van der Waals surface area contributed by atoms with Gasteiger partial charge in [0.1, 0.15) is 0 Å². The Morgan fingerprint density at radius 3 is 2.76 bits per heavy atom. The van der Waals surface area contributed by atoms with Crippen molar-refractivity contribution in [2.75, 3.05) is 13.1 Å². The van der Waals surface area contributed by atoms with E-state index in [2.05, 4.69) is 35.4 Å². The Kier molecular flexibility index (Phi) is 5.73. The van der Waals surface area contributed by atoms with E-state index in [0.29, 0.717) is 5.92 Å². The van der Waals surface area contributed by atoms with E-state index in [1.54, 1.807) is 11.3 Å². The van der Waals surface area contributed by atoms with Gasteiger partial charge >= 0.3 is 6.03 Å². The van der Waals surface area contributed by atoms with Crippen LogP contribution >= 0.6 is 11.3 Å². The lowest BCUT2D eigenvalue weighted by atomic mass is 9.92. The fourth-order valence-electron chi connectivity index (χ4n) is 3.22. The molecule has 25 heavy (non-hydrogen) atoms. The van der Waals surface area contributed by atoms with Crippen molar-refractivity contribution in [1.82, 2.24) is 25.0 Å². The van der Waals surface area contributed by atoms with Crippen molar-refractivity contribution in [3.63, 3.8) is 0 Å². The summed E-state index contributed by atoms with van der Waals surface area (Å²) in [6, 6.07) is -0.0363. The molecule has 0 spiro atoms. The molecule has 1 saturated heterocycles. The number of hydrogen-bond acceptors (Lipinski definition) is 4. The van der Waals surface area contributed by atoms with Gasteiger partial charge in [0.05, 0.1) is 22.9 Å². The largest absolute Gasteiger partial charge is 0.330 e. The molecule has 6 nitrogen and oxygen atoms in total. The van der Waals surface area contributed by atoms with E-state index in [-0.39, 0.29) is 12.1 Å². The van der Waals surface area contributed by atoms with E-state index in [1.807, 2.05) is 28.1 Å². The van der Waals surface area contributed by atoms with Crippen LogP contribution in [0.5, 0.6) is 0 Å². The molecule has 0 saturated carbocycles. The number of carbonyl (C=O) groups is 1. The molecule has 1 aliphatic heterocycles. The standard InChI is InChI=1S/C18H27N5OS/c1-4-17-21-16(12-25-17)13(3)20-18(24)22-8-6-14(7-9-22)15-10-19-23(5-2)11-15/h10-14H,4-9H2,1-3H3,(H,20,24). The van der Waals surface area contributed by atoms with Crippen molar-refractivity contribution in [1.29, 1.82) is 0 Å². The number of hydrogen-bond donors (Lipinski definition) is 1. The fourth-order valence-corrected chi connectivity index (χ4v) is 4.05. The predicted octanol–water partition coefficient (Wildman–Crippen LogP) is 3.57. The highest BCUT2D eigenvalue weighted by Gasteiger charge is 2.25. The summed E-state index contributed by atoms with van der Waals surface area (Å²) in [5.74, 6) is 0.507. The number of rotatable bonds is 5. The number of likely N-dealkylation sites (tertiary alicyclic amines) is 1. The minimum atomic E-state index is -0.0513. The van der Waals surface area contributed by atoms with Crippen molar-refractivity contribution in [3.8, 4) is 0 Å². The van der Waals surface area contributed by atoms with Gasteiger partial charge in [-0.05, 0) is 44.6 Å². The Balaban J connectivity index is 1.51. The average Bonchev–Trinajstić information content (AvgIpc) is 3.31. The van der Waals surface area contributed by atoms with Gasteiger partial charge in [-0.2, -0.15) is 5.10 Å². The van der Waals surface area contributed by atoms with E-state index in [1.165, 1.54) is 5.56 Å². The molecule has 1 aliphatic rings. The molecule has 0 aliphatic carbocycles. The number of nitrogens with one attached hydrogen (secondary N) is 1. The van der Waals surface area contributed by atoms with Crippen LogP contribution in [0.25, 0.3) is 0 Å². The number of amides is 2. The van der Waals surface area contributed by atoms with Gasteiger partial charge < -0.3 is 10.2 Å². The van der Waals surface area contributed by atoms with Gasteiger partial charge in [0, 0.05) is 31.2 Å². The molecule has 1 fully saturated rings. The Morgan fingerprint density at radius 1 is 1.40 bits per heavy atom. The summed E-state index contributed by atoms with van der Waals surface area (Å²) in [4.78, 5) is 19.0. The molecule has 1 N–H and O–H groups in total. The quantitative estimate of drug-likeness (QED) is 0.885. The van der Waals surface area contributed by atoms with E-state index in [4.69, 9.17) is 0 Å². The first-order chi connectivity index (χ1) is 12.1. The number of aryl methyl sites for hydroxylation is 2. The van der Waals surface area contributed by atoms with Crippen LogP contribution in [0, 0.1) is 0 Å². The molecule has 3 rings (SSSR count). The first-order valence-corrected chi connectivity index (χ1v) is 10.0. The van der Waals surface area contributed by atoms with Crippen LogP contribution in [0.15, 0.2) is 17.8 Å². The molecule has 1 atom stereocenters. The van der Waals surface area contributed by atoms with Gasteiger partial charge in [0.2, 0.25) is 0 Å². The van der Waals surface area contributed by atoms with Crippen LogP contribution in [0.1, 0.15) is 61.8 Å². The van der Waals surface area contributed by atoms with Gasteiger partial charge in [0.25, 0.3) is 0 Å². The maximum Gasteiger partial charge on any atom is 0.317 e. The minimum absolute atomic E-state index is 0.0150. The van der Waals surface area contributed by atoms with Crippen molar-refractivity contribution < 1.29 is 4.79 Å². The molecule has 0 radical (unpaired) electrons. The molecule has 2 amide bonds. The second-order valence-corrected chi connectivity index (χ2v) is 7.52. The molecular weight excluding hydrogens is 334 g/mol. The third-order valence-electron chi connectivity index (χ3n) is 4.89. The molecule has 2 aromatic heterocycles. The molecule has 136 valence electrons. The molecule has 3 heterocycles. The van der Waals surface area contributed by atoms with Crippen LogP contribution in [-0.4, -0.2) is 38.8 Å². The minimum Gasteiger partial charge on any atom is -0.330 e. The third kappa shape index (κ3) is 4.21. The van der Waals surface area contributed by atoms with E-state index < -0.39 is 0 Å². The van der Waals surface area contributed by atoms with Crippen molar-refractivity contribution in [2.45, 2.75) is 58.5 Å². The fraction of sp³-hybridized carbons (Fsp3) is 0.611. The number of aromatic nitrogens is 3. The lowest BCUT2D eigenvalue weighted by molar-refractivity contribution is 0.178. The van der Waals surface area contributed by atoms with Crippen LogP contribution in [0.3, 0.4) is 0 Å². The number of thiazole rings is 1. The van der Waals surface area contributed by atoms with E-state index in [9.17, 15) is 4.79 Å². The van der Waals surface area contributed by atoms with E-state index >= 15 is 0 Å². The Hall–Kier alpha value is -1.89. The van der Waals surface area contributed by atoms with Gasteiger partial charge in [0.15, 0.2) is 0 Å². The zero-order valence-corrected chi connectivity index (χ0v) is 16.1. The summed E-state index contributed by atoms with van der Waals surface area (Å²) in [6.07, 6.45) is 7.03. The molecule has 0 aromatic carbocycles. The molecule has 2 aromatic rings. The summed E-state index contributed by atoms with van der Waals surface area (Å²) in [6.45, 7) is 8.67. The van der Waals surface area contributed by atoms with Crippen LogP contribution in [0.2, 0.25) is 0 Å². The van der Waals surface area contributed by atoms with Gasteiger partial charge in [-0.25, -0.2) is 9.78 Å². The van der Waals surface area contributed by atoms with Crippen LogP contribution in [-0.2, 0) is 13.0 Å². The Bertz CT molecular complexity index is 702. The molecule has 0 bridgehead atoms. The summed E-state index contributed by atoms with van der Waals surface area (Å²) < 4.78 is 1.97. The smallest absolute Gasteiger partial charge is 0.317 e. The van der Waals surface area contributed by atoms with Gasteiger partial charge in [-0.15, -0.1) is 11.3 Å². The van der Waals surface area contributed by atoms with Gasteiger partial charge in [-0.1, -0.05) is 6.92 Å². The zero-order chi connectivity index (χ0) is 17.8. The number of piperidine rings is 1. The average molecular weight is 362 g/mol. The first kappa shape index (κ1) is 17.9. The number of nitrogens with zero attached hydrogens (tertiary/aromatic N) is 4. The zero-order valence-electron chi connectivity index (χ0n) is 15.2. The Labute approximate surface area is 153 Å². The summed E-state index contributed by atoms with van der Waals surface area (Å²) >= 11 is 1.66. The number of carbonyl (C=O) groups excluding carboxylic acids is 1. The summed E-state index contributed by atoms with van der Waals surface area (Å²) in [5.41, 5.74) is 2.25. The normalized spacial score (nSPS) is 16.8. The lowest BCUT2D eigenvalue weighted by Gasteiger charge is -2.32. The van der Waals surface area contributed by atoms with Crippen LogP contribution < -0.4 is 5.32 Å². The molecule has 1 unspecified atom stereocenters. The van der Waals surface area contributed by atoms with Crippen molar-refractivity contribution >= 4 is 17.4 Å². The molecular formula is C18H27N5OS. The summed E-state index contributed by atoms with van der Waals surface area (Å²) in [7, 11) is 0. The maximum atomic E-state index is 12.5. The first-order valence-electron chi connectivity index (χ1n) is 9.12. The Morgan fingerprint density at radius 2 is 2.16 bits per heavy atom. The predicted molar refractivity (Wildman–Crippen MR) is 99.9 cm³/mol. The molecule has 7 heteroatoms. The van der Waals surface area contributed by atoms with Gasteiger partial charge in [-0.3, -0.25) is 4.68 Å². The second-order valence-electron chi connectivity index (χ2n) is 6.58. The lowest BCUT2D eigenvalue weighted by Crippen LogP contribution is -2.44. The summed E-state index contributed by atoms with van der Waals surface area (Å²) in [5, 5.41) is 10.6. The SMILES string of the molecule is CCc1nc(C(C)NC(=O)N2CCC(c3cnn(CC)c3)CC2)cs1. The highest BCUT2D eigenvalue weighted by molar-refractivity contribution is 7.09. The van der Waals surface area contributed by atoms with Crippen LogP contribution in [0.4, 0.5) is 4.79 Å². The monoisotopic (exact) mass is 361 g/mol. The second kappa shape index (κ2) is 7.99. The third-order valence-corrected chi connectivity index (χ3v) is 5.90. The van der Waals surface area contributed by atoms with Crippen molar-refractivity contribution in [2.24, 2.45) is 0 Å².